The Kier molecular flexibility index (Phi) is 5.66. The van der Waals surface area contributed by atoms with Crippen LogP contribution in [0.2, 0.25) is 0 Å². The molecule has 3 aromatic rings. The molecule has 0 amide bonds. The second-order valence-electron chi connectivity index (χ2n) is 9.41. The number of aromatic nitrogens is 3. The molecule has 3 heterocycles. The van der Waals surface area contributed by atoms with Crippen molar-refractivity contribution < 1.29 is 5.11 Å². The normalized spacial score (nSPS) is 22.9. The van der Waals surface area contributed by atoms with Crippen LogP contribution in [0.5, 0.6) is 0 Å². The molecule has 166 valence electrons. The third-order valence-electron chi connectivity index (χ3n) is 7.41. The van der Waals surface area contributed by atoms with E-state index in [4.69, 9.17) is 0 Å². The van der Waals surface area contributed by atoms with Crippen molar-refractivity contribution in [1.82, 2.24) is 19.4 Å². The van der Waals surface area contributed by atoms with E-state index in [9.17, 15) is 9.90 Å². The third kappa shape index (κ3) is 4.00. The van der Waals surface area contributed by atoms with Crippen LogP contribution in [0, 0.1) is 5.41 Å². The molecule has 2 aromatic heterocycles. The minimum absolute atomic E-state index is 0.114. The van der Waals surface area contributed by atoms with Gasteiger partial charge in [-0.1, -0.05) is 49.2 Å². The lowest BCUT2D eigenvalue weighted by molar-refractivity contribution is -0.144. The van der Waals surface area contributed by atoms with Crippen molar-refractivity contribution in [3.63, 3.8) is 0 Å². The summed E-state index contributed by atoms with van der Waals surface area (Å²) in [6.07, 6.45) is 8.32. The first-order valence-electron chi connectivity index (χ1n) is 11.5. The second-order valence-corrected chi connectivity index (χ2v) is 9.41. The van der Waals surface area contributed by atoms with Gasteiger partial charge < -0.3 is 5.11 Å². The van der Waals surface area contributed by atoms with E-state index in [0.29, 0.717) is 18.7 Å². The van der Waals surface area contributed by atoms with Crippen molar-refractivity contribution in [2.75, 3.05) is 13.1 Å². The second kappa shape index (κ2) is 8.60. The Bertz CT molecular complexity index is 1110. The van der Waals surface area contributed by atoms with Crippen LogP contribution in [0.4, 0.5) is 0 Å². The zero-order valence-electron chi connectivity index (χ0n) is 18.4. The fraction of sp³-hybridized carbons (Fsp3) is 0.423. The van der Waals surface area contributed by atoms with Crippen LogP contribution in [0.25, 0.3) is 11.3 Å². The van der Waals surface area contributed by atoms with Crippen molar-refractivity contribution in [1.29, 1.82) is 0 Å². The molecule has 1 unspecified atom stereocenters. The molecule has 6 heteroatoms. The van der Waals surface area contributed by atoms with Gasteiger partial charge in [-0.15, -0.1) is 0 Å². The molecule has 1 atom stereocenters. The number of nitrogens with zero attached hydrogens (tertiary/aromatic N) is 4. The van der Waals surface area contributed by atoms with Crippen LogP contribution in [-0.2, 0) is 13.1 Å². The molecule has 1 spiro atoms. The van der Waals surface area contributed by atoms with Gasteiger partial charge in [0.05, 0.1) is 29.9 Å². The van der Waals surface area contributed by atoms with Crippen LogP contribution >= 0.6 is 0 Å². The van der Waals surface area contributed by atoms with E-state index in [1.54, 1.807) is 17.0 Å². The molecule has 6 nitrogen and oxygen atoms in total. The molecule has 0 radical (unpaired) electrons. The highest BCUT2D eigenvalue weighted by Gasteiger charge is 2.54. The monoisotopic (exact) mass is 430 g/mol. The zero-order chi connectivity index (χ0) is 22.0. The van der Waals surface area contributed by atoms with Crippen LogP contribution in [0.15, 0.2) is 71.9 Å². The third-order valence-corrected chi connectivity index (χ3v) is 7.41. The van der Waals surface area contributed by atoms with E-state index in [1.165, 1.54) is 0 Å². The fourth-order valence-corrected chi connectivity index (χ4v) is 5.63. The van der Waals surface area contributed by atoms with Crippen molar-refractivity contribution in [3.8, 4) is 11.3 Å². The lowest BCUT2D eigenvalue weighted by atomic mass is 9.66. The lowest BCUT2D eigenvalue weighted by Crippen LogP contribution is -2.61. The molecular formula is C26H30N4O2. The summed E-state index contributed by atoms with van der Waals surface area (Å²) in [6, 6.07) is 17.3. The number of hydrogen-bond acceptors (Lipinski definition) is 5. The van der Waals surface area contributed by atoms with Crippen molar-refractivity contribution >= 4 is 0 Å². The quantitative estimate of drug-likeness (QED) is 0.671. The maximum Gasteiger partial charge on any atom is 0.253 e. The average Bonchev–Trinajstić information content (AvgIpc) is 3.29. The summed E-state index contributed by atoms with van der Waals surface area (Å²) in [5.41, 5.74) is 1.42. The van der Waals surface area contributed by atoms with Gasteiger partial charge in [0, 0.05) is 42.9 Å². The number of pyridine rings is 1. The smallest absolute Gasteiger partial charge is 0.253 e. The van der Waals surface area contributed by atoms with Gasteiger partial charge in [0.1, 0.15) is 0 Å². The Morgan fingerprint density at radius 1 is 0.969 bits per heavy atom. The Morgan fingerprint density at radius 2 is 1.75 bits per heavy atom. The van der Waals surface area contributed by atoms with Crippen LogP contribution in [0.1, 0.15) is 37.8 Å². The summed E-state index contributed by atoms with van der Waals surface area (Å²) in [4.78, 5) is 24.4. The topological polar surface area (TPSA) is 71.2 Å². The van der Waals surface area contributed by atoms with Crippen molar-refractivity contribution in [2.24, 2.45) is 5.41 Å². The van der Waals surface area contributed by atoms with Gasteiger partial charge in [0.25, 0.3) is 5.56 Å². The van der Waals surface area contributed by atoms with Gasteiger partial charge in [-0.05, 0) is 31.4 Å². The highest BCUT2D eigenvalue weighted by Crippen LogP contribution is 2.51. The molecular weight excluding hydrogens is 400 g/mol. The molecule has 1 saturated carbocycles. The van der Waals surface area contributed by atoms with Gasteiger partial charge in [0.15, 0.2) is 0 Å². The molecule has 2 aliphatic rings. The van der Waals surface area contributed by atoms with Gasteiger partial charge in [-0.2, -0.15) is 0 Å². The summed E-state index contributed by atoms with van der Waals surface area (Å²) < 4.78 is 1.60. The number of rotatable bonds is 5. The van der Waals surface area contributed by atoms with Gasteiger partial charge in [-0.25, -0.2) is 4.98 Å². The van der Waals surface area contributed by atoms with Crippen molar-refractivity contribution in [3.05, 3.63) is 83.2 Å². The minimum Gasteiger partial charge on any atom is -0.387 e. The fourth-order valence-electron chi connectivity index (χ4n) is 5.63. The summed E-state index contributed by atoms with van der Waals surface area (Å²) in [5, 5.41) is 11.9. The van der Waals surface area contributed by atoms with E-state index < -0.39 is 5.60 Å². The van der Waals surface area contributed by atoms with Gasteiger partial charge in [0.2, 0.25) is 0 Å². The van der Waals surface area contributed by atoms with Crippen molar-refractivity contribution in [2.45, 2.75) is 50.8 Å². The number of hydrogen-bond donors (Lipinski definition) is 1. The highest BCUT2D eigenvalue weighted by atomic mass is 16.3. The van der Waals surface area contributed by atoms with Crippen LogP contribution < -0.4 is 5.56 Å². The first-order valence-corrected chi connectivity index (χ1v) is 11.5. The Morgan fingerprint density at radius 3 is 2.47 bits per heavy atom. The van der Waals surface area contributed by atoms with Crippen LogP contribution in [0.3, 0.4) is 0 Å². The molecule has 0 bridgehead atoms. The Labute approximate surface area is 188 Å². The molecule has 1 N–H and O–H groups in total. The molecule has 5 rings (SSSR count). The van der Waals surface area contributed by atoms with Gasteiger partial charge in [-0.3, -0.25) is 19.2 Å². The van der Waals surface area contributed by atoms with E-state index in [0.717, 1.165) is 56.6 Å². The summed E-state index contributed by atoms with van der Waals surface area (Å²) in [7, 11) is 0. The molecule has 1 saturated heterocycles. The molecule has 1 aliphatic carbocycles. The lowest BCUT2D eigenvalue weighted by Gasteiger charge is -2.52. The first kappa shape index (κ1) is 21.0. The van der Waals surface area contributed by atoms with E-state index in [2.05, 4.69) is 20.9 Å². The Balaban J connectivity index is 1.37. The summed E-state index contributed by atoms with van der Waals surface area (Å²) in [5.74, 6) is 0. The number of benzene rings is 1. The molecule has 1 aromatic carbocycles. The van der Waals surface area contributed by atoms with E-state index in [1.807, 2.05) is 48.7 Å². The predicted molar refractivity (Wildman–Crippen MR) is 124 cm³/mol. The van der Waals surface area contributed by atoms with Crippen LogP contribution in [-0.4, -0.2) is 43.2 Å². The standard InChI is InChI=1S/C26H30N4O2/c31-24-16-23(21-8-2-1-3-9-21)28-20-30(24)19-26(32)13-15-29(17-22-10-4-7-14-27-22)18-25(26)11-5-6-12-25/h1-4,7-10,14,16,20,32H,5-6,11-13,15,17-19H2. The first-order chi connectivity index (χ1) is 15.6. The zero-order valence-corrected chi connectivity index (χ0v) is 18.4. The minimum atomic E-state index is -0.913. The average molecular weight is 431 g/mol. The van der Waals surface area contributed by atoms with E-state index in [-0.39, 0.29) is 11.0 Å². The Hall–Kier alpha value is -2.83. The maximum absolute atomic E-state index is 12.9. The number of piperidine rings is 1. The van der Waals surface area contributed by atoms with Gasteiger partial charge >= 0.3 is 0 Å². The molecule has 1 aliphatic heterocycles. The summed E-state index contributed by atoms with van der Waals surface area (Å²) in [6.45, 7) is 2.72. The number of aliphatic hydroxyl groups is 1. The maximum atomic E-state index is 12.9. The molecule has 32 heavy (non-hydrogen) atoms. The SMILES string of the molecule is O=c1cc(-c2ccccc2)ncn1CC1(O)CCN(Cc2ccccn2)CC12CCCC2. The highest BCUT2D eigenvalue weighted by molar-refractivity contribution is 5.57. The van der Waals surface area contributed by atoms with E-state index >= 15 is 0 Å². The molecule has 2 fully saturated rings. The largest absolute Gasteiger partial charge is 0.387 e. The summed E-state index contributed by atoms with van der Waals surface area (Å²) >= 11 is 0. The predicted octanol–water partition coefficient (Wildman–Crippen LogP) is 3.50. The number of likely N-dealkylation sites (tertiary alicyclic amines) is 1.